The smallest absolute Gasteiger partial charge is 0.0550 e. The average Bonchev–Trinajstić information content (AvgIpc) is 2.20. The maximum absolute atomic E-state index is 5.27. The zero-order chi connectivity index (χ0) is 7.28. The summed E-state index contributed by atoms with van der Waals surface area (Å²) in [5.41, 5.74) is 0. The predicted molar refractivity (Wildman–Crippen MR) is 40.5 cm³/mol. The molecule has 1 saturated heterocycles. The molecule has 0 spiro atoms. The molecule has 0 aliphatic carbocycles. The van der Waals surface area contributed by atoms with Gasteiger partial charge in [0.25, 0.3) is 0 Å². The second kappa shape index (κ2) is 4.80. The van der Waals surface area contributed by atoms with Crippen LogP contribution in [0.1, 0.15) is 34.1 Å². The Balaban J connectivity index is 0.000000291. The molecule has 0 N–H and O–H groups in total. The summed E-state index contributed by atoms with van der Waals surface area (Å²) in [6.45, 7) is 9.33. The fourth-order valence-corrected chi connectivity index (χ4v) is 1.03. The highest BCUT2D eigenvalue weighted by Crippen LogP contribution is 2.16. The lowest BCUT2D eigenvalue weighted by atomic mass is 10.1. The van der Waals surface area contributed by atoms with Gasteiger partial charge in [-0.15, -0.1) is 0 Å². The molecular weight excluding hydrogens is 112 g/mol. The van der Waals surface area contributed by atoms with Gasteiger partial charge in [-0.05, 0) is 19.3 Å². The van der Waals surface area contributed by atoms with Crippen molar-refractivity contribution in [1.29, 1.82) is 0 Å². The van der Waals surface area contributed by atoms with Crippen molar-refractivity contribution < 1.29 is 4.74 Å². The fourth-order valence-electron chi connectivity index (χ4n) is 1.03. The molecule has 1 rings (SSSR count). The Kier molecular flexibility index (Phi) is 4.78. The van der Waals surface area contributed by atoms with Gasteiger partial charge in [0, 0.05) is 6.61 Å². The van der Waals surface area contributed by atoms with Gasteiger partial charge in [0.05, 0.1) is 6.10 Å². The second-order valence-corrected chi connectivity index (χ2v) is 2.48. The molecule has 1 nitrogen and oxygen atoms in total. The lowest BCUT2D eigenvalue weighted by molar-refractivity contribution is 0.121. The minimum atomic E-state index is 0.523. The summed E-state index contributed by atoms with van der Waals surface area (Å²) in [6.07, 6.45) is 1.77. The van der Waals surface area contributed by atoms with E-state index in [9.17, 15) is 0 Å². The zero-order valence-electron chi connectivity index (χ0n) is 6.98. The van der Waals surface area contributed by atoms with Gasteiger partial charge in [0.1, 0.15) is 0 Å². The van der Waals surface area contributed by atoms with Crippen molar-refractivity contribution in [1.82, 2.24) is 0 Å². The normalized spacial score (nSPS) is 33.3. The lowest BCUT2D eigenvalue weighted by Gasteiger charge is -1.94. The molecule has 1 heteroatoms. The van der Waals surface area contributed by atoms with Gasteiger partial charge in [-0.2, -0.15) is 0 Å². The molecule has 0 aromatic rings. The number of ether oxygens (including phenoxy) is 1. The van der Waals surface area contributed by atoms with Crippen LogP contribution in [0.2, 0.25) is 0 Å². The van der Waals surface area contributed by atoms with E-state index in [1.165, 1.54) is 6.42 Å². The first-order chi connectivity index (χ1) is 4.29. The van der Waals surface area contributed by atoms with E-state index in [0.717, 1.165) is 12.5 Å². The van der Waals surface area contributed by atoms with E-state index in [2.05, 4.69) is 13.8 Å². The van der Waals surface area contributed by atoms with Gasteiger partial charge >= 0.3 is 0 Å². The molecule has 2 unspecified atom stereocenters. The minimum absolute atomic E-state index is 0.523. The molecule has 1 aliphatic heterocycles. The quantitative estimate of drug-likeness (QED) is 0.489. The maximum Gasteiger partial charge on any atom is 0.0550 e. The van der Waals surface area contributed by atoms with E-state index >= 15 is 0 Å². The van der Waals surface area contributed by atoms with Crippen molar-refractivity contribution in [3.8, 4) is 0 Å². The van der Waals surface area contributed by atoms with Crippen molar-refractivity contribution in [2.45, 2.75) is 40.2 Å². The highest BCUT2D eigenvalue weighted by Gasteiger charge is 2.16. The van der Waals surface area contributed by atoms with Crippen LogP contribution < -0.4 is 0 Å². The van der Waals surface area contributed by atoms with Crippen LogP contribution >= 0.6 is 0 Å². The van der Waals surface area contributed by atoms with Gasteiger partial charge in [-0.1, -0.05) is 20.8 Å². The molecular formula is C8H18O. The van der Waals surface area contributed by atoms with Crippen LogP contribution in [-0.2, 0) is 4.74 Å². The Morgan fingerprint density at radius 2 is 1.78 bits per heavy atom. The van der Waals surface area contributed by atoms with Crippen molar-refractivity contribution in [3.63, 3.8) is 0 Å². The number of rotatable bonds is 0. The molecule has 2 atom stereocenters. The monoisotopic (exact) mass is 130 g/mol. The van der Waals surface area contributed by atoms with Gasteiger partial charge in [0.15, 0.2) is 0 Å². The van der Waals surface area contributed by atoms with Crippen LogP contribution in [0.5, 0.6) is 0 Å². The molecule has 56 valence electrons. The standard InChI is InChI=1S/C6H12O.C2H6/c1-5-3-6(2)7-4-5;1-2/h5-6H,3-4H2,1-2H3;1-2H3. The highest BCUT2D eigenvalue weighted by molar-refractivity contribution is 4.64. The molecule has 1 aliphatic rings. The lowest BCUT2D eigenvalue weighted by Crippen LogP contribution is -1.94. The summed E-state index contributed by atoms with van der Waals surface area (Å²) in [7, 11) is 0. The van der Waals surface area contributed by atoms with Crippen LogP contribution in [0.15, 0.2) is 0 Å². The molecule has 0 bridgehead atoms. The van der Waals surface area contributed by atoms with Crippen molar-refractivity contribution in [2.75, 3.05) is 6.61 Å². The Labute approximate surface area is 58.4 Å². The molecule has 1 heterocycles. The largest absolute Gasteiger partial charge is 0.378 e. The van der Waals surface area contributed by atoms with E-state index in [1.807, 2.05) is 13.8 Å². The van der Waals surface area contributed by atoms with Gasteiger partial charge in [-0.3, -0.25) is 0 Å². The van der Waals surface area contributed by atoms with E-state index in [-0.39, 0.29) is 0 Å². The molecule has 0 aromatic carbocycles. The molecule has 0 aromatic heterocycles. The van der Waals surface area contributed by atoms with Crippen molar-refractivity contribution in [2.24, 2.45) is 5.92 Å². The molecule has 1 fully saturated rings. The minimum Gasteiger partial charge on any atom is -0.378 e. The third kappa shape index (κ3) is 3.52. The maximum atomic E-state index is 5.27. The first kappa shape index (κ1) is 8.96. The van der Waals surface area contributed by atoms with Crippen LogP contribution in [0.3, 0.4) is 0 Å². The van der Waals surface area contributed by atoms with Crippen LogP contribution in [0, 0.1) is 5.92 Å². The first-order valence-corrected chi connectivity index (χ1v) is 3.90. The van der Waals surface area contributed by atoms with Crippen molar-refractivity contribution >= 4 is 0 Å². The molecule has 9 heavy (non-hydrogen) atoms. The van der Waals surface area contributed by atoms with E-state index < -0.39 is 0 Å². The van der Waals surface area contributed by atoms with Crippen LogP contribution in [0.25, 0.3) is 0 Å². The summed E-state index contributed by atoms with van der Waals surface area (Å²) >= 11 is 0. The Hall–Kier alpha value is -0.0400. The number of hydrogen-bond donors (Lipinski definition) is 0. The third-order valence-electron chi connectivity index (χ3n) is 1.40. The number of hydrogen-bond acceptors (Lipinski definition) is 1. The third-order valence-corrected chi connectivity index (χ3v) is 1.40. The fraction of sp³-hybridized carbons (Fsp3) is 1.00. The molecule has 0 radical (unpaired) electrons. The van der Waals surface area contributed by atoms with Gasteiger partial charge in [0.2, 0.25) is 0 Å². The second-order valence-electron chi connectivity index (χ2n) is 2.48. The summed E-state index contributed by atoms with van der Waals surface area (Å²) in [4.78, 5) is 0. The Bertz CT molecular complexity index is 53.6. The summed E-state index contributed by atoms with van der Waals surface area (Å²) < 4.78 is 5.27. The highest BCUT2D eigenvalue weighted by atomic mass is 16.5. The molecule has 0 amide bonds. The van der Waals surface area contributed by atoms with Gasteiger partial charge in [-0.25, -0.2) is 0 Å². The SMILES string of the molecule is CC.CC1COC(C)C1. The van der Waals surface area contributed by atoms with Crippen molar-refractivity contribution in [3.05, 3.63) is 0 Å². The Morgan fingerprint density at radius 1 is 1.22 bits per heavy atom. The van der Waals surface area contributed by atoms with E-state index in [1.54, 1.807) is 0 Å². The zero-order valence-corrected chi connectivity index (χ0v) is 6.98. The van der Waals surface area contributed by atoms with E-state index in [0.29, 0.717) is 6.10 Å². The molecule has 0 saturated carbocycles. The van der Waals surface area contributed by atoms with Crippen LogP contribution in [-0.4, -0.2) is 12.7 Å². The van der Waals surface area contributed by atoms with Gasteiger partial charge < -0.3 is 4.74 Å². The Morgan fingerprint density at radius 3 is 1.89 bits per heavy atom. The topological polar surface area (TPSA) is 9.23 Å². The summed E-state index contributed by atoms with van der Waals surface area (Å²) in [6, 6.07) is 0. The summed E-state index contributed by atoms with van der Waals surface area (Å²) in [5, 5.41) is 0. The first-order valence-electron chi connectivity index (χ1n) is 3.90. The summed E-state index contributed by atoms with van der Waals surface area (Å²) in [5.74, 6) is 0.801. The van der Waals surface area contributed by atoms with E-state index in [4.69, 9.17) is 4.74 Å². The predicted octanol–water partition coefficient (Wildman–Crippen LogP) is 2.46. The van der Waals surface area contributed by atoms with Crippen LogP contribution in [0.4, 0.5) is 0 Å². The average molecular weight is 130 g/mol.